The van der Waals surface area contributed by atoms with E-state index in [2.05, 4.69) is 5.32 Å². The highest BCUT2D eigenvalue weighted by atomic mass is 35.5. The van der Waals surface area contributed by atoms with Gasteiger partial charge in [-0.2, -0.15) is 0 Å². The van der Waals surface area contributed by atoms with Crippen LogP contribution in [0.3, 0.4) is 0 Å². The van der Waals surface area contributed by atoms with Crippen molar-refractivity contribution in [2.45, 2.75) is 19.5 Å². The van der Waals surface area contributed by atoms with Gasteiger partial charge in [0.1, 0.15) is 5.82 Å². The number of benzene rings is 2. The first-order valence-electron chi connectivity index (χ1n) is 6.54. The molecule has 21 heavy (non-hydrogen) atoms. The molecule has 3 nitrogen and oxygen atoms in total. The predicted molar refractivity (Wildman–Crippen MR) is 81.6 cm³/mol. The van der Waals surface area contributed by atoms with Gasteiger partial charge in [-0.05, 0) is 42.8 Å². The number of hydrogen-bond acceptors (Lipinski definition) is 2. The molecule has 2 aromatic carbocycles. The minimum absolute atomic E-state index is 0.0268. The molecule has 0 heterocycles. The number of halogens is 2. The van der Waals surface area contributed by atoms with Gasteiger partial charge in [0.25, 0.3) is 0 Å². The second kappa shape index (κ2) is 6.70. The van der Waals surface area contributed by atoms with Crippen LogP contribution in [0, 0.1) is 5.82 Å². The number of nitrogens with two attached hydrogens (primary N) is 1. The monoisotopic (exact) mass is 306 g/mol. The molecule has 2 aromatic rings. The smallest absolute Gasteiger partial charge is 0.248 e. The zero-order chi connectivity index (χ0) is 15.4. The van der Waals surface area contributed by atoms with Crippen LogP contribution in [-0.2, 0) is 6.54 Å². The summed E-state index contributed by atoms with van der Waals surface area (Å²) in [5.74, 6) is -0.933. The van der Waals surface area contributed by atoms with E-state index >= 15 is 0 Å². The molecular formula is C16H16ClFN2O. The lowest BCUT2D eigenvalue weighted by Gasteiger charge is -2.15. The van der Waals surface area contributed by atoms with Crippen molar-refractivity contribution < 1.29 is 9.18 Å². The normalized spacial score (nSPS) is 12.1. The number of primary amides is 1. The van der Waals surface area contributed by atoms with Gasteiger partial charge in [0.15, 0.2) is 0 Å². The van der Waals surface area contributed by atoms with Crippen molar-refractivity contribution in [3.63, 3.8) is 0 Å². The molecule has 0 unspecified atom stereocenters. The summed E-state index contributed by atoms with van der Waals surface area (Å²) >= 11 is 5.84. The Kier molecular flexibility index (Phi) is 4.94. The number of nitrogens with one attached hydrogen (secondary N) is 1. The SMILES string of the molecule is C[C@@H](NCc1cc(C(N)=O)ccc1F)c1ccc(Cl)cc1. The van der Waals surface area contributed by atoms with Gasteiger partial charge < -0.3 is 11.1 Å². The van der Waals surface area contributed by atoms with E-state index in [0.29, 0.717) is 22.7 Å². The molecule has 0 aliphatic carbocycles. The zero-order valence-electron chi connectivity index (χ0n) is 11.6. The third-order valence-electron chi connectivity index (χ3n) is 3.30. The summed E-state index contributed by atoms with van der Waals surface area (Å²) in [7, 11) is 0. The van der Waals surface area contributed by atoms with E-state index in [1.165, 1.54) is 18.2 Å². The first kappa shape index (κ1) is 15.5. The topological polar surface area (TPSA) is 55.1 Å². The van der Waals surface area contributed by atoms with Crippen LogP contribution in [-0.4, -0.2) is 5.91 Å². The summed E-state index contributed by atoms with van der Waals surface area (Å²) in [6.45, 7) is 2.27. The molecule has 0 aromatic heterocycles. The lowest BCUT2D eigenvalue weighted by molar-refractivity contribution is 0.1000. The van der Waals surface area contributed by atoms with Gasteiger partial charge in [0.2, 0.25) is 5.91 Å². The average Bonchev–Trinajstić information content (AvgIpc) is 2.46. The molecule has 0 bridgehead atoms. The van der Waals surface area contributed by atoms with E-state index in [9.17, 15) is 9.18 Å². The molecular weight excluding hydrogens is 291 g/mol. The molecule has 5 heteroatoms. The maximum Gasteiger partial charge on any atom is 0.248 e. The molecule has 1 atom stereocenters. The van der Waals surface area contributed by atoms with Crippen molar-refractivity contribution in [1.82, 2.24) is 5.32 Å². The molecule has 0 aliphatic heterocycles. The van der Waals surface area contributed by atoms with Gasteiger partial charge >= 0.3 is 0 Å². The lowest BCUT2D eigenvalue weighted by Crippen LogP contribution is -2.19. The zero-order valence-corrected chi connectivity index (χ0v) is 12.3. The quantitative estimate of drug-likeness (QED) is 0.889. The molecule has 0 saturated heterocycles. The van der Waals surface area contributed by atoms with Crippen LogP contribution in [0.2, 0.25) is 5.02 Å². The highest BCUT2D eigenvalue weighted by Gasteiger charge is 2.09. The third-order valence-corrected chi connectivity index (χ3v) is 3.55. The Morgan fingerprint density at radius 3 is 2.57 bits per heavy atom. The Morgan fingerprint density at radius 2 is 1.95 bits per heavy atom. The molecule has 1 amide bonds. The fraction of sp³-hybridized carbons (Fsp3) is 0.188. The molecule has 0 saturated carbocycles. The van der Waals surface area contributed by atoms with E-state index in [1.807, 2.05) is 31.2 Å². The largest absolute Gasteiger partial charge is 0.366 e. The van der Waals surface area contributed by atoms with Crippen LogP contribution in [0.4, 0.5) is 4.39 Å². The van der Waals surface area contributed by atoms with Crippen LogP contribution in [0.15, 0.2) is 42.5 Å². The number of rotatable bonds is 5. The highest BCUT2D eigenvalue weighted by molar-refractivity contribution is 6.30. The Bertz CT molecular complexity index is 643. The number of carbonyl (C=O) groups is 1. The van der Waals surface area contributed by atoms with E-state index in [0.717, 1.165) is 5.56 Å². The number of carbonyl (C=O) groups excluding carboxylic acids is 1. The fourth-order valence-electron chi connectivity index (χ4n) is 2.00. The van der Waals surface area contributed by atoms with Crippen molar-refractivity contribution in [2.75, 3.05) is 0 Å². The summed E-state index contributed by atoms with van der Waals surface area (Å²) < 4.78 is 13.7. The van der Waals surface area contributed by atoms with Gasteiger partial charge in [0, 0.05) is 28.7 Å². The van der Waals surface area contributed by atoms with Crippen LogP contribution in [0.1, 0.15) is 34.5 Å². The van der Waals surface area contributed by atoms with Crippen LogP contribution >= 0.6 is 11.6 Å². The fourth-order valence-corrected chi connectivity index (χ4v) is 2.12. The minimum atomic E-state index is -0.568. The lowest BCUT2D eigenvalue weighted by atomic mass is 10.1. The maximum absolute atomic E-state index is 13.7. The van der Waals surface area contributed by atoms with E-state index in [1.54, 1.807) is 0 Å². The second-order valence-electron chi connectivity index (χ2n) is 4.82. The van der Waals surface area contributed by atoms with E-state index in [4.69, 9.17) is 17.3 Å². The molecule has 0 fully saturated rings. The second-order valence-corrected chi connectivity index (χ2v) is 5.26. The summed E-state index contributed by atoms with van der Waals surface area (Å²) in [6, 6.07) is 11.6. The number of amides is 1. The Labute approximate surface area is 127 Å². The third kappa shape index (κ3) is 4.03. The molecule has 0 aliphatic rings. The standard InChI is InChI=1S/C16H16ClFN2O/c1-10(11-2-5-14(17)6-3-11)20-9-13-8-12(16(19)21)4-7-15(13)18/h2-8,10,20H,9H2,1H3,(H2,19,21)/t10-/m1/s1. The van der Waals surface area contributed by atoms with E-state index in [-0.39, 0.29) is 11.9 Å². The molecule has 3 N–H and O–H groups in total. The highest BCUT2D eigenvalue weighted by Crippen LogP contribution is 2.17. The van der Waals surface area contributed by atoms with Gasteiger partial charge in [-0.25, -0.2) is 4.39 Å². The first-order valence-corrected chi connectivity index (χ1v) is 6.92. The van der Waals surface area contributed by atoms with E-state index < -0.39 is 5.91 Å². The summed E-state index contributed by atoms with van der Waals surface area (Å²) in [6.07, 6.45) is 0. The van der Waals surface area contributed by atoms with Gasteiger partial charge in [-0.15, -0.1) is 0 Å². The summed E-state index contributed by atoms with van der Waals surface area (Å²) in [5.41, 5.74) is 6.95. The molecule has 110 valence electrons. The maximum atomic E-state index is 13.7. The van der Waals surface area contributed by atoms with Gasteiger partial charge in [-0.1, -0.05) is 23.7 Å². The molecule has 0 radical (unpaired) electrons. The predicted octanol–water partition coefficient (Wildman–Crippen LogP) is 3.43. The molecule has 0 spiro atoms. The average molecular weight is 307 g/mol. The Morgan fingerprint density at radius 1 is 1.29 bits per heavy atom. The summed E-state index contributed by atoms with van der Waals surface area (Å²) in [5, 5.41) is 3.88. The van der Waals surface area contributed by atoms with Crippen LogP contribution < -0.4 is 11.1 Å². The van der Waals surface area contributed by atoms with Crippen molar-refractivity contribution in [2.24, 2.45) is 5.73 Å². The van der Waals surface area contributed by atoms with Gasteiger partial charge in [-0.3, -0.25) is 4.79 Å². The summed E-state index contributed by atoms with van der Waals surface area (Å²) in [4.78, 5) is 11.1. The van der Waals surface area contributed by atoms with Crippen LogP contribution in [0.25, 0.3) is 0 Å². The number of hydrogen-bond donors (Lipinski definition) is 2. The van der Waals surface area contributed by atoms with Crippen molar-refractivity contribution in [3.8, 4) is 0 Å². The molecule has 2 rings (SSSR count). The van der Waals surface area contributed by atoms with Crippen molar-refractivity contribution in [3.05, 3.63) is 70.0 Å². The van der Waals surface area contributed by atoms with Crippen molar-refractivity contribution >= 4 is 17.5 Å². The van der Waals surface area contributed by atoms with Gasteiger partial charge in [0.05, 0.1) is 0 Å². The van der Waals surface area contributed by atoms with Crippen molar-refractivity contribution in [1.29, 1.82) is 0 Å². The van der Waals surface area contributed by atoms with Crippen LogP contribution in [0.5, 0.6) is 0 Å². The Hall–Kier alpha value is -1.91. The minimum Gasteiger partial charge on any atom is -0.366 e. The Balaban J connectivity index is 2.07. The first-order chi connectivity index (χ1) is 9.97.